The lowest BCUT2D eigenvalue weighted by atomic mass is 10.0. The van der Waals surface area contributed by atoms with E-state index in [1.54, 1.807) is 0 Å². The number of aryl methyl sites for hydroxylation is 1. The van der Waals surface area contributed by atoms with Gasteiger partial charge in [0.05, 0.1) is 0 Å². The van der Waals surface area contributed by atoms with Crippen molar-refractivity contribution in [2.75, 3.05) is 0 Å². The molecule has 0 aliphatic rings. The van der Waals surface area contributed by atoms with Crippen molar-refractivity contribution in [2.24, 2.45) is 0 Å². The van der Waals surface area contributed by atoms with Crippen LogP contribution in [0, 0.1) is 0 Å². The molecule has 0 bridgehead atoms. The number of hydrogen-bond acceptors (Lipinski definition) is 3. The van der Waals surface area contributed by atoms with Gasteiger partial charge < -0.3 is 0 Å². The number of pyridine rings is 1. The van der Waals surface area contributed by atoms with Gasteiger partial charge in [0.25, 0.3) is 0 Å². The van der Waals surface area contributed by atoms with Crippen molar-refractivity contribution in [3.8, 4) is 0 Å². The number of nitrogens with one attached hydrogen (secondary N) is 1. The Morgan fingerprint density at radius 2 is 1.80 bits per heavy atom. The summed E-state index contributed by atoms with van der Waals surface area (Å²) in [5, 5.41) is 0. The van der Waals surface area contributed by atoms with Crippen LogP contribution in [0.5, 0.6) is 0 Å². The maximum atomic E-state index is 5.83. The van der Waals surface area contributed by atoms with Crippen LogP contribution in [0.25, 0.3) is 0 Å². The Balaban J connectivity index is 1.99. The van der Waals surface area contributed by atoms with Gasteiger partial charge in [-0.1, -0.05) is 36.4 Å². The van der Waals surface area contributed by atoms with Crippen LogP contribution < -0.4 is 5.48 Å². The highest BCUT2D eigenvalue weighted by Crippen LogP contribution is 2.21. The first kappa shape index (κ1) is 14.7. The Morgan fingerprint density at radius 1 is 1.05 bits per heavy atom. The first-order valence-electron chi connectivity index (χ1n) is 7.11. The summed E-state index contributed by atoms with van der Waals surface area (Å²) in [6.45, 7) is 4.14. The summed E-state index contributed by atoms with van der Waals surface area (Å²) in [6, 6.07) is 16.6. The van der Waals surface area contributed by atoms with Gasteiger partial charge in [0.1, 0.15) is 6.10 Å². The van der Waals surface area contributed by atoms with Gasteiger partial charge in [0, 0.05) is 17.9 Å². The monoisotopic (exact) mass is 270 g/mol. The molecule has 0 aliphatic carbocycles. The van der Waals surface area contributed by atoms with Crippen molar-refractivity contribution in [2.45, 2.75) is 38.8 Å². The SMILES string of the molecule is CC(C)NOC(CCc1ccccn1)c1ccccc1. The Labute approximate surface area is 121 Å². The average molecular weight is 270 g/mol. The van der Waals surface area contributed by atoms with Crippen LogP contribution in [0.15, 0.2) is 54.7 Å². The van der Waals surface area contributed by atoms with Crippen LogP contribution in [-0.4, -0.2) is 11.0 Å². The van der Waals surface area contributed by atoms with Crippen molar-refractivity contribution in [3.05, 3.63) is 66.0 Å². The summed E-state index contributed by atoms with van der Waals surface area (Å²) >= 11 is 0. The van der Waals surface area contributed by atoms with E-state index in [1.165, 1.54) is 5.56 Å². The molecule has 0 saturated heterocycles. The molecular weight excluding hydrogens is 248 g/mol. The second-order valence-electron chi connectivity index (χ2n) is 5.15. The molecule has 0 fully saturated rings. The number of aromatic nitrogens is 1. The predicted molar refractivity (Wildman–Crippen MR) is 81.1 cm³/mol. The van der Waals surface area contributed by atoms with Gasteiger partial charge in [0.2, 0.25) is 0 Å². The number of rotatable bonds is 7. The zero-order chi connectivity index (χ0) is 14.2. The van der Waals surface area contributed by atoms with E-state index in [1.807, 2.05) is 36.5 Å². The van der Waals surface area contributed by atoms with Crippen molar-refractivity contribution < 1.29 is 4.84 Å². The topological polar surface area (TPSA) is 34.1 Å². The molecule has 106 valence electrons. The van der Waals surface area contributed by atoms with E-state index >= 15 is 0 Å². The number of hydroxylamine groups is 1. The van der Waals surface area contributed by atoms with Crippen LogP contribution in [0.2, 0.25) is 0 Å². The van der Waals surface area contributed by atoms with Crippen molar-refractivity contribution in [1.82, 2.24) is 10.5 Å². The fraction of sp³-hybridized carbons (Fsp3) is 0.353. The highest BCUT2D eigenvalue weighted by atomic mass is 16.7. The highest BCUT2D eigenvalue weighted by Gasteiger charge is 2.13. The van der Waals surface area contributed by atoms with E-state index in [2.05, 4.69) is 42.5 Å². The number of nitrogens with zero attached hydrogens (tertiary/aromatic N) is 1. The van der Waals surface area contributed by atoms with Crippen molar-refractivity contribution in [3.63, 3.8) is 0 Å². The molecular formula is C17H22N2O. The lowest BCUT2D eigenvalue weighted by Gasteiger charge is -2.20. The van der Waals surface area contributed by atoms with Gasteiger partial charge in [-0.3, -0.25) is 9.82 Å². The smallest absolute Gasteiger partial charge is 0.104 e. The molecule has 1 aromatic heterocycles. The highest BCUT2D eigenvalue weighted by molar-refractivity contribution is 5.18. The van der Waals surface area contributed by atoms with Crippen LogP contribution in [-0.2, 0) is 11.3 Å². The molecule has 20 heavy (non-hydrogen) atoms. The molecule has 0 spiro atoms. The van der Waals surface area contributed by atoms with E-state index in [4.69, 9.17) is 4.84 Å². The quantitative estimate of drug-likeness (QED) is 0.779. The molecule has 3 heteroatoms. The minimum Gasteiger partial charge on any atom is -0.293 e. The minimum atomic E-state index is 0.0422. The number of hydrogen-bond donors (Lipinski definition) is 1. The summed E-state index contributed by atoms with van der Waals surface area (Å²) in [4.78, 5) is 10.2. The predicted octanol–water partition coefficient (Wildman–Crippen LogP) is 3.69. The molecule has 2 rings (SSSR count). The van der Waals surface area contributed by atoms with Gasteiger partial charge in [-0.2, -0.15) is 5.48 Å². The number of benzene rings is 1. The molecule has 3 nitrogen and oxygen atoms in total. The first-order chi connectivity index (χ1) is 9.75. The summed E-state index contributed by atoms with van der Waals surface area (Å²) < 4.78 is 0. The Morgan fingerprint density at radius 3 is 2.45 bits per heavy atom. The molecule has 2 aromatic rings. The zero-order valence-electron chi connectivity index (χ0n) is 12.1. The fourth-order valence-corrected chi connectivity index (χ4v) is 2.00. The van der Waals surface area contributed by atoms with Crippen molar-refractivity contribution in [1.29, 1.82) is 0 Å². The van der Waals surface area contributed by atoms with Gasteiger partial charge >= 0.3 is 0 Å². The van der Waals surface area contributed by atoms with E-state index in [-0.39, 0.29) is 6.10 Å². The molecule has 0 saturated carbocycles. The lowest BCUT2D eigenvalue weighted by molar-refractivity contribution is -0.0438. The summed E-state index contributed by atoms with van der Waals surface area (Å²) in [5.74, 6) is 0. The Hall–Kier alpha value is -1.71. The fourth-order valence-electron chi connectivity index (χ4n) is 2.00. The molecule has 1 aromatic carbocycles. The van der Waals surface area contributed by atoms with Crippen LogP contribution >= 0.6 is 0 Å². The van der Waals surface area contributed by atoms with E-state index in [9.17, 15) is 0 Å². The van der Waals surface area contributed by atoms with E-state index in [0.29, 0.717) is 6.04 Å². The second kappa shape index (κ2) is 7.78. The van der Waals surface area contributed by atoms with Gasteiger partial charge in [-0.25, -0.2) is 0 Å². The molecule has 1 heterocycles. The molecule has 0 aliphatic heterocycles. The maximum Gasteiger partial charge on any atom is 0.104 e. The standard InChI is InChI=1S/C17H22N2O/c1-14(2)19-20-17(15-8-4-3-5-9-15)12-11-16-10-6-7-13-18-16/h3-10,13-14,17,19H,11-12H2,1-2H3. The Bertz CT molecular complexity index is 485. The molecule has 0 radical (unpaired) electrons. The lowest BCUT2D eigenvalue weighted by Crippen LogP contribution is -2.25. The van der Waals surface area contributed by atoms with Crippen molar-refractivity contribution >= 4 is 0 Å². The van der Waals surface area contributed by atoms with Gasteiger partial charge in [-0.15, -0.1) is 0 Å². The molecule has 0 amide bonds. The summed E-state index contributed by atoms with van der Waals surface area (Å²) in [7, 11) is 0. The molecule has 1 unspecified atom stereocenters. The minimum absolute atomic E-state index is 0.0422. The first-order valence-corrected chi connectivity index (χ1v) is 7.11. The van der Waals surface area contributed by atoms with Crippen LogP contribution in [0.1, 0.15) is 37.6 Å². The second-order valence-corrected chi connectivity index (χ2v) is 5.15. The van der Waals surface area contributed by atoms with Gasteiger partial charge in [-0.05, 0) is 44.4 Å². The third-order valence-electron chi connectivity index (χ3n) is 3.01. The van der Waals surface area contributed by atoms with Gasteiger partial charge in [0.15, 0.2) is 0 Å². The Kier molecular flexibility index (Phi) is 5.71. The summed E-state index contributed by atoms with van der Waals surface area (Å²) in [6.07, 6.45) is 3.68. The molecule has 1 N–H and O–H groups in total. The van der Waals surface area contributed by atoms with E-state index in [0.717, 1.165) is 18.5 Å². The zero-order valence-corrected chi connectivity index (χ0v) is 12.1. The normalized spacial score (nSPS) is 12.6. The van der Waals surface area contributed by atoms with E-state index < -0.39 is 0 Å². The molecule has 1 atom stereocenters. The van der Waals surface area contributed by atoms with Crippen LogP contribution in [0.3, 0.4) is 0 Å². The third-order valence-corrected chi connectivity index (χ3v) is 3.01. The maximum absolute atomic E-state index is 5.83. The summed E-state index contributed by atoms with van der Waals surface area (Å²) in [5.41, 5.74) is 5.35. The third kappa shape index (κ3) is 4.76. The average Bonchev–Trinajstić information content (AvgIpc) is 2.49. The van der Waals surface area contributed by atoms with Crippen LogP contribution in [0.4, 0.5) is 0 Å². The largest absolute Gasteiger partial charge is 0.293 e.